The van der Waals surface area contributed by atoms with Crippen LogP contribution >= 0.6 is 0 Å². The maximum absolute atomic E-state index is 11.2. The van der Waals surface area contributed by atoms with Gasteiger partial charge in [0.1, 0.15) is 18.6 Å². The average molecular weight is 327 g/mol. The second-order valence-corrected chi connectivity index (χ2v) is 5.03. The summed E-state index contributed by atoms with van der Waals surface area (Å²) in [4.78, 5) is 24.7. The fraction of sp³-hybridized carbons (Fsp3) is 0.333. The van der Waals surface area contributed by atoms with Crippen LogP contribution in [0.3, 0.4) is 0 Å². The second kappa shape index (κ2) is 10.1. The van der Waals surface area contributed by atoms with Gasteiger partial charge in [0, 0.05) is 29.9 Å². The van der Waals surface area contributed by atoms with E-state index >= 15 is 0 Å². The molecule has 1 heterocycles. The van der Waals surface area contributed by atoms with Crippen LogP contribution in [0.5, 0.6) is 0 Å². The van der Waals surface area contributed by atoms with E-state index in [1.807, 2.05) is 30.3 Å². The molecule has 0 unspecified atom stereocenters. The molecule has 0 aliphatic heterocycles. The summed E-state index contributed by atoms with van der Waals surface area (Å²) in [5.41, 5.74) is 2.40. The molecule has 1 aromatic carbocycles. The minimum absolute atomic E-state index is 0.174. The lowest BCUT2D eigenvalue weighted by atomic mass is 10.1. The topological polar surface area (TPSA) is 73.7 Å². The summed E-state index contributed by atoms with van der Waals surface area (Å²) < 4.78 is 4.88. The summed E-state index contributed by atoms with van der Waals surface area (Å²) in [6.45, 7) is 2.65. The number of nitrogens with zero attached hydrogens (tertiary/aromatic N) is 3. The molecule has 0 atom stereocenters. The molecule has 0 amide bonds. The number of aromatic nitrogens is 2. The molecule has 2 aromatic rings. The first-order chi connectivity index (χ1) is 11.8. The molecule has 0 radical (unpaired) electrons. The van der Waals surface area contributed by atoms with Crippen molar-refractivity contribution in [3.63, 3.8) is 0 Å². The molecule has 6 nitrogen and oxygen atoms in total. The van der Waals surface area contributed by atoms with Crippen molar-refractivity contribution in [3.8, 4) is 0 Å². The molecular weight excluding hydrogens is 306 g/mol. The van der Waals surface area contributed by atoms with Gasteiger partial charge in [-0.2, -0.15) is 0 Å². The second-order valence-electron chi connectivity index (χ2n) is 5.03. The van der Waals surface area contributed by atoms with Crippen LogP contribution in [0.1, 0.15) is 37.3 Å². The van der Waals surface area contributed by atoms with Crippen molar-refractivity contribution in [2.75, 3.05) is 13.2 Å². The molecule has 0 fully saturated rings. The first-order valence-electron chi connectivity index (χ1n) is 7.97. The Bertz CT molecular complexity index is 604. The van der Waals surface area contributed by atoms with Crippen molar-refractivity contribution in [3.05, 3.63) is 60.2 Å². The molecule has 0 spiro atoms. The largest absolute Gasteiger partial charge is 0.466 e. The number of oxime groups is 1. The fourth-order valence-corrected chi connectivity index (χ4v) is 2.07. The number of rotatable bonds is 9. The zero-order valence-electron chi connectivity index (χ0n) is 13.7. The van der Waals surface area contributed by atoms with Gasteiger partial charge in [-0.3, -0.25) is 4.79 Å². The van der Waals surface area contributed by atoms with Crippen LogP contribution in [-0.2, 0) is 14.4 Å². The van der Waals surface area contributed by atoms with Gasteiger partial charge in [-0.15, -0.1) is 0 Å². The zero-order valence-corrected chi connectivity index (χ0v) is 13.7. The SMILES string of the molecule is CCOC(=O)CCCCO/N=C(/c1ccccc1)c1cncnc1. The summed E-state index contributed by atoms with van der Waals surface area (Å²) >= 11 is 0. The number of hydrogen-bond acceptors (Lipinski definition) is 6. The van der Waals surface area contributed by atoms with Gasteiger partial charge in [0.2, 0.25) is 0 Å². The number of esters is 1. The number of ether oxygens (including phenoxy) is 1. The number of carbonyl (C=O) groups excluding carboxylic acids is 1. The van der Waals surface area contributed by atoms with E-state index in [0.717, 1.165) is 17.5 Å². The summed E-state index contributed by atoms with van der Waals surface area (Å²) in [7, 11) is 0. The highest BCUT2D eigenvalue weighted by molar-refractivity contribution is 6.12. The molecule has 0 N–H and O–H groups in total. The smallest absolute Gasteiger partial charge is 0.305 e. The van der Waals surface area contributed by atoms with Gasteiger partial charge in [0.15, 0.2) is 0 Å². The van der Waals surface area contributed by atoms with Crippen LogP contribution in [0.25, 0.3) is 0 Å². The molecule has 0 aliphatic carbocycles. The Kier molecular flexibility index (Phi) is 7.40. The number of benzene rings is 1. The molecular formula is C18H21N3O3. The maximum Gasteiger partial charge on any atom is 0.305 e. The third kappa shape index (κ3) is 5.79. The van der Waals surface area contributed by atoms with E-state index in [1.54, 1.807) is 19.3 Å². The first-order valence-corrected chi connectivity index (χ1v) is 7.97. The van der Waals surface area contributed by atoms with Crippen LogP contribution in [0, 0.1) is 0 Å². The van der Waals surface area contributed by atoms with Gasteiger partial charge >= 0.3 is 5.97 Å². The van der Waals surface area contributed by atoms with Gasteiger partial charge in [0.05, 0.1) is 6.61 Å². The van der Waals surface area contributed by atoms with E-state index in [0.29, 0.717) is 31.8 Å². The van der Waals surface area contributed by atoms with E-state index in [2.05, 4.69) is 15.1 Å². The predicted molar refractivity (Wildman–Crippen MR) is 90.5 cm³/mol. The Morgan fingerprint density at radius 2 is 1.83 bits per heavy atom. The lowest BCUT2D eigenvalue weighted by Gasteiger charge is -2.07. The molecule has 0 aliphatic rings. The third-order valence-corrected chi connectivity index (χ3v) is 3.21. The van der Waals surface area contributed by atoms with Crippen molar-refractivity contribution in [1.29, 1.82) is 0 Å². The maximum atomic E-state index is 11.2. The van der Waals surface area contributed by atoms with Gasteiger partial charge < -0.3 is 9.57 Å². The molecule has 126 valence electrons. The molecule has 1 aromatic heterocycles. The highest BCUT2D eigenvalue weighted by atomic mass is 16.6. The monoisotopic (exact) mass is 327 g/mol. The highest BCUT2D eigenvalue weighted by Crippen LogP contribution is 2.10. The highest BCUT2D eigenvalue weighted by Gasteiger charge is 2.08. The lowest BCUT2D eigenvalue weighted by molar-refractivity contribution is -0.143. The molecule has 24 heavy (non-hydrogen) atoms. The molecule has 0 saturated heterocycles. The molecule has 0 bridgehead atoms. The summed E-state index contributed by atoms with van der Waals surface area (Å²) in [5.74, 6) is -0.174. The van der Waals surface area contributed by atoms with Crippen LogP contribution < -0.4 is 0 Å². The first kappa shape index (κ1) is 17.6. The number of hydrogen-bond donors (Lipinski definition) is 0. The van der Waals surface area contributed by atoms with Crippen LogP contribution in [0.2, 0.25) is 0 Å². The van der Waals surface area contributed by atoms with Crippen molar-refractivity contribution in [2.45, 2.75) is 26.2 Å². The van der Waals surface area contributed by atoms with Crippen molar-refractivity contribution >= 4 is 11.7 Å². The van der Waals surface area contributed by atoms with Crippen molar-refractivity contribution in [1.82, 2.24) is 9.97 Å². The van der Waals surface area contributed by atoms with Gasteiger partial charge in [0.25, 0.3) is 0 Å². The van der Waals surface area contributed by atoms with E-state index in [9.17, 15) is 4.79 Å². The molecule has 2 rings (SSSR count). The van der Waals surface area contributed by atoms with Crippen molar-refractivity contribution in [2.24, 2.45) is 5.16 Å². The summed E-state index contributed by atoms with van der Waals surface area (Å²) in [5, 5.41) is 4.24. The predicted octanol–water partition coefficient (Wildman–Crippen LogP) is 2.98. The quantitative estimate of drug-likeness (QED) is 0.306. The lowest BCUT2D eigenvalue weighted by Crippen LogP contribution is -2.06. The van der Waals surface area contributed by atoms with Crippen LogP contribution in [0.4, 0.5) is 0 Å². The van der Waals surface area contributed by atoms with E-state index in [4.69, 9.17) is 9.57 Å². The van der Waals surface area contributed by atoms with Gasteiger partial charge in [-0.25, -0.2) is 9.97 Å². The summed E-state index contributed by atoms with van der Waals surface area (Å²) in [6, 6.07) is 9.73. The van der Waals surface area contributed by atoms with E-state index in [-0.39, 0.29) is 5.97 Å². The minimum Gasteiger partial charge on any atom is -0.466 e. The van der Waals surface area contributed by atoms with Gasteiger partial charge in [-0.05, 0) is 19.8 Å². The van der Waals surface area contributed by atoms with Gasteiger partial charge in [-0.1, -0.05) is 35.5 Å². The minimum atomic E-state index is -0.174. The molecule has 0 saturated carbocycles. The van der Waals surface area contributed by atoms with Crippen molar-refractivity contribution < 1.29 is 14.4 Å². The third-order valence-electron chi connectivity index (χ3n) is 3.21. The Labute approximate surface area is 141 Å². The Morgan fingerprint density at radius 1 is 1.08 bits per heavy atom. The fourth-order valence-electron chi connectivity index (χ4n) is 2.07. The number of unbranched alkanes of at least 4 members (excludes halogenated alkanes) is 1. The Hall–Kier alpha value is -2.76. The van der Waals surface area contributed by atoms with E-state index in [1.165, 1.54) is 6.33 Å². The Morgan fingerprint density at radius 3 is 2.54 bits per heavy atom. The summed E-state index contributed by atoms with van der Waals surface area (Å²) in [6.07, 6.45) is 6.71. The molecule has 6 heteroatoms. The zero-order chi connectivity index (χ0) is 17.0. The Balaban J connectivity index is 1.91. The van der Waals surface area contributed by atoms with Crippen LogP contribution in [0.15, 0.2) is 54.2 Å². The van der Waals surface area contributed by atoms with Crippen LogP contribution in [-0.4, -0.2) is 34.9 Å². The normalized spacial score (nSPS) is 11.1. The van der Waals surface area contributed by atoms with E-state index < -0.39 is 0 Å². The standard InChI is InChI=1S/C18H21N3O3/c1-2-23-17(22)10-6-7-11-24-21-18(15-8-4-3-5-9-15)16-12-19-14-20-13-16/h3-5,8-9,12-14H,2,6-7,10-11H2,1H3/b21-18-. The number of carbonyl (C=O) groups is 1. The average Bonchev–Trinajstić information content (AvgIpc) is 2.63.